The van der Waals surface area contributed by atoms with E-state index < -0.39 is 0 Å². The molecule has 0 saturated heterocycles. The number of carbonyl (C=O) groups excluding carboxylic acids is 1. The van der Waals surface area contributed by atoms with Crippen molar-refractivity contribution in [3.63, 3.8) is 0 Å². The number of aromatic amines is 1. The second-order valence-corrected chi connectivity index (χ2v) is 4.67. The molecule has 0 fully saturated rings. The normalized spacial score (nSPS) is 10.7. The van der Waals surface area contributed by atoms with Gasteiger partial charge < -0.3 is 19.2 Å². The maximum Gasteiger partial charge on any atom is 0.242 e. The molecular formula is C13H17N3O2S. The van der Waals surface area contributed by atoms with Crippen LogP contribution in [-0.2, 0) is 11.3 Å². The number of amides is 1. The minimum atomic E-state index is 0.0299. The van der Waals surface area contributed by atoms with Gasteiger partial charge in [-0.25, -0.2) is 0 Å². The third-order valence-electron chi connectivity index (χ3n) is 3.19. The molecule has 5 nitrogen and oxygen atoms in total. The van der Waals surface area contributed by atoms with Gasteiger partial charge in [0.25, 0.3) is 0 Å². The molecule has 0 unspecified atom stereocenters. The standard InChI is InChI=1S/C13H17N3O2S/c1-4-15(2)11(17)8-16-9-6-5-7-10(18-3)12(9)14-13(16)19/h5-7H,4,8H2,1-3H3,(H,14,19). The number of para-hydroxylation sites is 1. The molecule has 0 atom stereocenters. The van der Waals surface area contributed by atoms with E-state index in [0.717, 1.165) is 16.8 Å². The Bertz CT molecular complexity index is 659. The van der Waals surface area contributed by atoms with Crippen molar-refractivity contribution in [1.82, 2.24) is 14.5 Å². The van der Waals surface area contributed by atoms with Crippen LogP contribution in [0.25, 0.3) is 11.0 Å². The highest BCUT2D eigenvalue weighted by atomic mass is 32.1. The zero-order chi connectivity index (χ0) is 14.0. The predicted molar refractivity (Wildman–Crippen MR) is 77.0 cm³/mol. The molecule has 1 amide bonds. The third-order valence-corrected chi connectivity index (χ3v) is 3.51. The molecule has 2 aromatic rings. The van der Waals surface area contributed by atoms with Crippen LogP contribution in [0.1, 0.15) is 6.92 Å². The third kappa shape index (κ3) is 2.49. The van der Waals surface area contributed by atoms with Crippen molar-refractivity contribution in [3.05, 3.63) is 23.0 Å². The van der Waals surface area contributed by atoms with Crippen molar-refractivity contribution in [2.45, 2.75) is 13.5 Å². The molecule has 1 N–H and O–H groups in total. The first-order valence-electron chi connectivity index (χ1n) is 6.08. The molecule has 102 valence electrons. The van der Waals surface area contributed by atoms with E-state index in [4.69, 9.17) is 17.0 Å². The molecule has 2 rings (SSSR count). The molecule has 6 heteroatoms. The van der Waals surface area contributed by atoms with Crippen LogP contribution in [0.4, 0.5) is 0 Å². The highest BCUT2D eigenvalue weighted by molar-refractivity contribution is 7.71. The minimum Gasteiger partial charge on any atom is -0.494 e. The van der Waals surface area contributed by atoms with Crippen LogP contribution in [-0.4, -0.2) is 41.1 Å². The Kier molecular flexibility index (Phi) is 3.90. The molecule has 0 saturated carbocycles. The lowest BCUT2D eigenvalue weighted by Crippen LogP contribution is -2.29. The molecule has 19 heavy (non-hydrogen) atoms. The van der Waals surface area contributed by atoms with Crippen LogP contribution in [0.3, 0.4) is 0 Å². The molecule has 0 aliphatic carbocycles. The van der Waals surface area contributed by atoms with Crippen molar-refractivity contribution in [2.75, 3.05) is 20.7 Å². The number of carbonyl (C=O) groups is 1. The SMILES string of the molecule is CCN(C)C(=O)Cn1c(=S)[nH]c2c(OC)cccc21. The first-order chi connectivity index (χ1) is 9.08. The molecule has 1 heterocycles. The Hall–Kier alpha value is -1.82. The summed E-state index contributed by atoms with van der Waals surface area (Å²) in [4.78, 5) is 16.8. The van der Waals surface area contributed by atoms with E-state index in [1.807, 2.05) is 25.1 Å². The topological polar surface area (TPSA) is 50.3 Å². The number of imidazole rings is 1. The molecular weight excluding hydrogens is 262 g/mol. The van der Waals surface area contributed by atoms with Gasteiger partial charge in [0.2, 0.25) is 5.91 Å². The highest BCUT2D eigenvalue weighted by Gasteiger charge is 2.13. The highest BCUT2D eigenvalue weighted by Crippen LogP contribution is 2.24. The Morgan fingerprint density at radius 1 is 1.53 bits per heavy atom. The van der Waals surface area contributed by atoms with Crippen molar-refractivity contribution in [2.24, 2.45) is 0 Å². The van der Waals surface area contributed by atoms with E-state index >= 15 is 0 Å². The van der Waals surface area contributed by atoms with Crippen LogP contribution in [0.2, 0.25) is 0 Å². The van der Waals surface area contributed by atoms with Gasteiger partial charge in [-0.05, 0) is 31.3 Å². The number of nitrogens with zero attached hydrogens (tertiary/aromatic N) is 2. The Morgan fingerprint density at radius 2 is 2.26 bits per heavy atom. The lowest BCUT2D eigenvalue weighted by molar-refractivity contribution is -0.130. The summed E-state index contributed by atoms with van der Waals surface area (Å²) >= 11 is 5.28. The lowest BCUT2D eigenvalue weighted by Gasteiger charge is -2.15. The number of hydrogen-bond acceptors (Lipinski definition) is 3. The number of rotatable bonds is 4. The average molecular weight is 279 g/mol. The quantitative estimate of drug-likeness (QED) is 0.873. The number of H-pyrrole nitrogens is 1. The van der Waals surface area contributed by atoms with Gasteiger partial charge in [0, 0.05) is 13.6 Å². The summed E-state index contributed by atoms with van der Waals surface area (Å²) in [5.74, 6) is 0.751. The number of methoxy groups -OCH3 is 1. The monoisotopic (exact) mass is 279 g/mol. The number of likely N-dealkylation sites (N-methyl/N-ethyl adjacent to an activating group) is 1. The number of fused-ring (bicyclic) bond motifs is 1. The van der Waals surface area contributed by atoms with Crippen molar-refractivity contribution >= 4 is 29.2 Å². The van der Waals surface area contributed by atoms with E-state index in [9.17, 15) is 4.79 Å². The van der Waals surface area contributed by atoms with Crippen LogP contribution < -0.4 is 4.74 Å². The number of ether oxygens (including phenoxy) is 1. The molecule has 0 aliphatic heterocycles. The molecule has 0 aliphatic rings. The second-order valence-electron chi connectivity index (χ2n) is 4.28. The van der Waals surface area contributed by atoms with E-state index in [0.29, 0.717) is 11.3 Å². The van der Waals surface area contributed by atoms with Gasteiger partial charge in [0.15, 0.2) is 4.77 Å². The molecule has 1 aromatic heterocycles. The summed E-state index contributed by atoms with van der Waals surface area (Å²) in [6.45, 7) is 2.85. The fraction of sp³-hybridized carbons (Fsp3) is 0.385. The van der Waals surface area contributed by atoms with Crippen LogP contribution in [0, 0.1) is 4.77 Å². The maximum atomic E-state index is 12.0. The summed E-state index contributed by atoms with van der Waals surface area (Å²) in [5.41, 5.74) is 1.70. The van der Waals surface area contributed by atoms with E-state index in [2.05, 4.69) is 4.98 Å². The first-order valence-corrected chi connectivity index (χ1v) is 6.48. The van der Waals surface area contributed by atoms with Crippen LogP contribution in [0.15, 0.2) is 18.2 Å². The van der Waals surface area contributed by atoms with Crippen LogP contribution >= 0.6 is 12.2 Å². The smallest absolute Gasteiger partial charge is 0.242 e. The molecule has 1 aromatic carbocycles. The summed E-state index contributed by atoms with van der Waals surface area (Å²) < 4.78 is 7.60. The predicted octanol–water partition coefficient (Wildman–Crippen LogP) is 2.19. The maximum absolute atomic E-state index is 12.0. The summed E-state index contributed by atoms with van der Waals surface area (Å²) in [7, 11) is 3.39. The lowest BCUT2D eigenvalue weighted by atomic mass is 10.3. The number of nitrogens with one attached hydrogen (secondary N) is 1. The fourth-order valence-corrected chi connectivity index (χ4v) is 2.18. The van der Waals surface area contributed by atoms with Gasteiger partial charge in [0.05, 0.1) is 12.6 Å². The Labute approximate surface area is 116 Å². The van der Waals surface area contributed by atoms with Crippen molar-refractivity contribution in [1.29, 1.82) is 0 Å². The Morgan fingerprint density at radius 3 is 2.89 bits per heavy atom. The number of benzene rings is 1. The zero-order valence-corrected chi connectivity index (χ0v) is 12.1. The molecule has 0 bridgehead atoms. The van der Waals surface area contributed by atoms with E-state index in [1.54, 1.807) is 23.6 Å². The van der Waals surface area contributed by atoms with Gasteiger partial charge in [-0.2, -0.15) is 0 Å². The van der Waals surface area contributed by atoms with Crippen LogP contribution in [0.5, 0.6) is 5.75 Å². The molecule has 0 radical (unpaired) electrons. The Balaban J connectivity index is 2.47. The molecule has 0 spiro atoms. The van der Waals surface area contributed by atoms with Crippen molar-refractivity contribution in [3.8, 4) is 5.75 Å². The summed E-state index contributed by atoms with van der Waals surface area (Å²) in [6.07, 6.45) is 0. The van der Waals surface area contributed by atoms with Gasteiger partial charge in [0.1, 0.15) is 17.8 Å². The number of hydrogen-bond donors (Lipinski definition) is 1. The zero-order valence-electron chi connectivity index (χ0n) is 11.3. The second kappa shape index (κ2) is 5.44. The minimum absolute atomic E-state index is 0.0299. The van der Waals surface area contributed by atoms with E-state index in [-0.39, 0.29) is 12.5 Å². The summed E-state index contributed by atoms with van der Waals surface area (Å²) in [6, 6.07) is 5.66. The van der Waals surface area contributed by atoms with Gasteiger partial charge in [-0.15, -0.1) is 0 Å². The number of aromatic nitrogens is 2. The fourth-order valence-electron chi connectivity index (χ4n) is 1.91. The largest absolute Gasteiger partial charge is 0.494 e. The summed E-state index contributed by atoms with van der Waals surface area (Å²) in [5, 5.41) is 0. The average Bonchev–Trinajstić information content (AvgIpc) is 2.74. The van der Waals surface area contributed by atoms with Crippen molar-refractivity contribution < 1.29 is 9.53 Å². The first kappa shape index (κ1) is 13.6. The van der Waals surface area contributed by atoms with Gasteiger partial charge in [-0.3, -0.25) is 4.79 Å². The van der Waals surface area contributed by atoms with E-state index in [1.165, 1.54) is 0 Å². The van der Waals surface area contributed by atoms with Gasteiger partial charge >= 0.3 is 0 Å². The van der Waals surface area contributed by atoms with Gasteiger partial charge in [-0.1, -0.05) is 6.07 Å².